The van der Waals surface area contributed by atoms with Gasteiger partial charge in [0.25, 0.3) is 5.91 Å². The second-order valence-electron chi connectivity index (χ2n) is 4.94. The third-order valence-electron chi connectivity index (χ3n) is 3.10. The maximum absolute atomic E-state index is 11.9. The highest BCUT2D eigenvalue weighted by atomic mass is 32.1. The van der Waals surface area contributed by atoms with E-state index in [9.17, 15) is 4.79 Å². The smallest absolute Gasteiger partial charge is 0.272 e. The van der Waals surface area contributed by atoms with Crippen LogP contribution in [0, 0.1) is 5.92 Å². The number of thiocarbonyl (C=S) groups is 1. The molecule has 0 aliphatic heterocycles. The molecule has 5 nitrogen and oxygen atoms in total. The minimum absolute atomic E-state index is 0.106. The zero-order valence-corrected chi connectivity index (χ0v) is 13.3. The lowest BCUT2D eigenvalue weighted by atomic mass is 10.1. The van der Waals surface area contributed by atoms with Crippen LogP contribution in [0.3, 0.4) is 0 Å². The highest BCUT2D eigenvalue weighted by Crippen LogP contribution is 2.17. The van der Waals surface area contributed by atoms with Crippen LogP contribution in [0.15, 0.2) is 18.3 Å². The van der Waals surface area contributed by atoms with E-state index in [0.717, 1.165) is 18.8 Å². The van der Waals surface area contributed by atoms with Gasteiger partial charge in [-0.3, -0.25) is 9.78 Å². The zero-order chi connectivity index (χ0) is 15.3. The molecule has 1 amide bonds. The molecule has 0 bridgehead atoms. The number of hydrogen-bond acceptors (Lipinski definition) is 4. The Morgan fingerprint density at radius 1 is 1.50 bits per heavy atom. The van der Waals surface area contributed by atoms with Gasteiger partial charge in [0.15, 0.2) is 0 Å². The quantitative estimate of drug-likeness (QED) is 0.806. The highest BCUT2D eigenvalue weighted by molar-refractivity contribution is 7.80. The van der Waals surface area contributed by atoms with Crippen molar-refractivity contribution in [3.63, 3.8) is 0 Å². The standard InChI is InChI=1S/C14H22N4OS/c1-5-18(9-10(2)13(15)20)11-6-7-16-12(8-11)14(19)17(3)4/h6-8,10H,5,9H2,1-4H3,(H2,15,20). The molecule has 2 N–H and O–H groups in total. The van der Waals surface area contributed by atoms with Gasteiger partial charge in [-0.2, -0.15) is 0 Å². The number of amides is 1. The van der Waals surface area contributed by atoms with E-state index in [0.29, 0.717) is 10.7 Å². The normalized spacial score (nSPS) is 11.8. The van der Waals surface area contributed by atoms with Crippen molar-refractivity contribution in [1.82, 2.24) is 9.88 Å². The van der Waals surface area contributed by atoms with Crippen LogP contribution in [0.4, 0.5) is 5.69 Å². The first-order chi connectivity index (χ1) is 9.36. The van der Waals surface area contributed by atoms with Crippen LogP contribution in [0.5, 0.6) is 0 Å². The fourth-order valence-corrected chi connectivity index (χ4v) is 1.87. The Morgan fingerprint density at radius 2 is 2.15 bits per heavy atom. The van der Waals surface area contributed by atoms with Gasteiger partial charge in [0.2, 0.25) is 0 Å². The van der Waals surface area contributed by atoms with Crippen LogP contribution in [0.25, 0.3) is 0 Å². The lowest BCUT2D eigenvalue weighted by molar-refractivity contribution is 0.0822. The van der Waals surface area contributed by atoms with E-state index in [1.54, 1.807) is 26.4 Å². The third-order valence-corrected chi connectivity index (χ3v) is 3.50. The predicted octanol–water partition coefficient (Wildman–Crippen LogP) is 1.53. The van der Waals surface area contributed by atoms with Crippen molar-refractivity contribution < 1.29 is 4.79 Å². The van der Waals surface area contributed by atoms with Crippen LogP contribution in [-0.2, 0) is 0 Å². The summed E-state index contributed by atoms with van der Waals surface area (Å²) in [5.41, 5.74) is 7.06. The first-order valence-corrected chi connectivity index (χ1v) is 6.99. The molecule has 0 radical (unpaired) electrons. The predicted molar refractivity (Wildman–Crippen MR) is 86.1 cm³/mol. The molecule has 0 fully saturated rings. The van der Waals surface area contributed by atoms with Gasteiger partial charge in [-0.1, -0.05) is 19.1 Å². The second kappa shape index (κ2) is 7.19. The van der Waals surface area contributed by atoms with Crippen molar-refractivity contribution in [2.75, 3.05) is 32.1 Å². The molecule has 0 saturated carbocycles. The number of pyridine rings is 1. The first kappa shape index (κ1) is 16.4. The van der Waals surface area contributed by atoms with Gasteiger partial charge in [0, 0.05) is 45.0 Å². The number of carbonyl (C=O) groups is 1. The molecule has 20 heavy (non-hydrogen) atoms. The van der Waals surface area contributed by atoms with Gasteiger partial charge >= 0.3 is 0 Å². The topological polar surface area (TPSA) is 62.5 Å². The van der Waals surface area contributed by atoms with E-state index < -0.39 is 0 Å². The van der Waals surface area contributed by atoms with Crippen LogP contribution in [0.1, 0.15) is 24.3 Å². The Balaban J connectivity index is 2.96. The lowest BCUT2D eigenvalue weighted by Crippen LogP contribution is -2.34. The van der Waals surface area contributed by atoms with Crippen molar-refractivity contribution in [3.05, 3.63) is 24.0 Å². The Kier molecular flexibility index (Phi) is 5.88. The second-order valence-corrected chi connectivity index (χ2v) is 5.41. The van der Waals surface area contributed by atoms with E-state index >= 15 is 0 Å². The Bertz CT molecular complexity index is 490. The zero-order valence-electron chi connectivity index (χ0n) is 12.5. The molecule has 1 atom stereocenters. The molecular formula is C14H22N4OS. The molecule has 1 unspecified atom stereocenters. The molecule has 1 aromatic rings. The van der Waals surface area contributed by atoms with E-state index in [4.69, 9.17) is 18.0 Å². The Morgan fingerprint density at radius 3 is 2.65 bits per heavy atom. The van der Waals surface area contributed by atoms with E-state index in [-0.39, 0.29) is 11.8 Å². The van der Waals surface area contributed by atoms with Crippen LogP contribution in [0.2, 0.25) is 0 Å². The van der Waals surface area contributed by atoms with Crippen LogP contribution in [-0.4, -0.2) is 48.0 Å². The molecule has 0 aromatic carbocycles. The molecule has 0 spiro atoms. The number of nitrogens with two attached hydrogens (primary N) is 1. The van der Waals surface area contributed by atoms with Crippen molar-refractivity contribution >= 4 is 28.8 Å². The summed E-state index contributed by atoms with van der Waals surface area (Å²) in [4.78, 5) is 20.2. The molecule has 0 aliphatic carbocycles. The summed E-state index contributed by atoms with van der Waals surface area (Å²) in [7, 11) is 3.42. The third kappa shape index (κ3) is 4.16. The van der Waals surface area contributed by atoms with Crippen molar-refractivity contribution in [1.29, 1.82) is 0 Å². The summed E-state index contributed by atoms with van der Waals surface area (Å²) < 4.78 is 0. The number of nitrogens with zero attached hydrogens (tertiary/aromatic N) is 3. The number of rotatable bonds is 6. The first-order valence-electron chi connectivity index (χ1n) is 6.58. The largest absolute Gasteiger partial charge is 0.393 e. The van der Waals surface area contributed by atoms with Gasteiger partial charge in [0.05, 0.1) is 4.99 Å². The van der Waals surface area contributed by atoms with Crippen LogP contribution >= 0.6 is 12.2 Å². The van der Waals surface area contributed by atoms with Gasteiger partial charge in [-0.15, -0.1) is 0 Å². The summed E-state index contributed by atoms with van der Waals surface area (Å²) >= 11 is 5.01. The van der Waals surface area contributed by atoms with Crippen molar-refractivity contribution in [2.24, 2.45) is 11.7 Å². The average molecular weight is 294 g/mol. The van der Waals surface area contributed by atoms with Crippen molar-refractivity contribution in [2.45, 2.75) is 13.8 Å². The maximum atomic E-state index is 11.9. The highest BCUT2D eigenvalue weighted by Gasteiger charge is 2.15. The molecule has 0 aliphatic rings. The SMILES string of the molecule is CCN(CC(C)C(N)=S)c1ccnc(C(=O)N(C)C)c1. The minimum Gasteiger partial charge on any atom is -0.393 e. The van der Waals surface area contributed by atoms with E-state index in [2.05, 4.69) is 16.8 Å². The maximum Gasteiger partial charge on any atom is 0.272 e. The molecule has 1 aromatic heterocycles. The minimum atomic E-state index is -0.106. The van der Waals surface area contributed by atoms with Crippen molar-refractivity contribution in [3.8, 4) is 0 Å². The Hall–Kier alpha value is -1.69. The summed E-state index contributed by atoms with van der Waals surface area (Å²) in [6.07, 6.45) is 1.65. The summed E-state index contributed by atoms with van der Waals surface area (Å²) in [5.74, 6) is 0.0106. The molecule has 110 valence electrons. The number of aromatic nitrogens is 1. The summed E-state index contributed by atoms with van der Waals surface area (Å²) in [6.45, 7) is 5.59. The Labute approximate surface area is 125 Å². The van der Waals surface area contributed by atoms with Gasteiger partial charge in [-0.25, -0.2) is 0 Å². The monoisotopic (exact) mass is 294 g/mol. The van der Waals surface area contributed by atoms with Gasteiger partial charge in [0.1, 0.15) is 5.69 Å². The van der Waals surface area contributed by atoms with E-state index in [1.165, 1.54) is 4.90 Å². The fourth-order valence-electron chi connectivity index (χ4n) is 1.80. The molecular weight excluding hydrogens is 272 g/mol. The van der Waals surface area contributed by atoms with Crippen LogP contribution < -0.4 is 10.6 Å². The van der Waals surface area contributed by atoms with E-state index in [1.807, 2.05) is 13.0 Å². The summed E-state index contributed by atoms with van der Waals surface area (Å²) in [6, 6.07) is 3.69. The fraction of sp³-hybridized carbons (Fsp3) is 0.500. The molecule has 1 heterocycles. The lowest BCUT2D eigenvalue weighted by Gasteiger charge is -2.26. The summed E-state index contributed by atoms with van der Waals surface area (Å²) in [5, 5.41) is 0. The number of carbonyl (C=O) groups excluding carboxylic acids is 1. The van der Waals surface area contributed by atoms with Gasteiger partial charge in [-0.05, 0) is 19.1 Å². The molecule has 6 heteroatoms. The number of hydrogen-bond donors (Lipinski definition) is 1. The molecule has 0 saturated heterocycles. The average Bonchev–Trinajstić information content (AvgIpc) is 2.43. The van der Waals surface area contributed by atoms with Gasteiger partial charge < -0.3 is 15.5 Å². The number of anilines is 1. The molecule has 1 rings (SSSR count).